The average molecular weight is 214 g/mol. The van der Waals surface area contributed by atoms with Crippen LogP contribution in [0, 0.1) is 11.8 Å². The van der Waals surface area contributed by atoms with Crippen LogP contribution in [-0.2, 0) is 4.79 Å². The lowest BCUT2D eigenvalue weighted by molar-refractivity contribution is -0.143. The molecular formula is C11H22N2O2. The first-order valence-electron chi connectivity index (χ1n) is 5.75. The van der Waals surface area contributed by atoms with Crippen molar-refractivity contribution < 1.29 is 9.90 Å². The van der Waals surface area contributed by atoms with Gasteiger partial charge in [0, 0.05) is 32.7 Å². The number of carboxylic acid groups (broad SMARTS) is 1. The summed E-state index contributed by atoms with van der Waals surface area (Å²) in [4.78, 5) is 13.3. The largest absolute Gasteiger partial charge is 0.481 e. The molecule has 2 N–H and O–H groups in total. The van der Waals surface area contributed by atoms with Crippen LogP contribution in [0.4, 0.5) is 0 Å². The number of aliphatic carboxylic acids is 1. The Balaban J connectivity index is 2.38. The minimum atomic E-state index is -0.651. The maximum atomic E-state index is 11.1. The summed E-state index contributed by atoms with van der Waals surface area (Å²) < 4.78 is 0. The second-order valence-electron chi connectivity index (χ2n) is 4.72. The monoisotopic (exact) mass is 214 g/mol. The van der Waals surface area contributed by atoms with Gasteiger partial charge in [-0.2, -0.15) is 0 Å². The third-order valence-electron chi connectivity index (χ3n) is 2.79. The van der Waals surface area contributed by atoms with Crippen molar-refractivity contribution in [2.24, 2.45) is 11.8 Å². The van der Waals surface area contributed by atoms with E-state index in [1.807, 2.05) is 0 Å². The van der Waals surface area contributed by atoms with E-state index < -0.39 is 5.97 Å². The molecule has 0 aromatic carbocycles. The van der Waals surface area contributed by atoms with Gasteiger partial charge in [0.1, 0.15) is 0 Å². The molecule has 4 heteroatoms. The van der Waals surface area contributed by atoms with Crippen LogP contribution in [0.2, 0.25) is 0 Å². The number of carboxylic acids is 1. The third kappa shape index (κ3) is 4.62. The second-order valence-corrected chi connectivity index (χ2v) is 4.72. The predicted molar refractivity (Wildman–Crippen MR) is 59.9 cm³/mol. The summed E-state index contributed by atoms with van der Waals surface area (Å²) in [5.74, 6) is -0.403. The highest BCUT2D eigenvalue weighted by molar-refractivity contribution is 5.70. The van der Waals surface area contributed by atoms with E-state index in [-0.39, 0.29) is 5.92 Å². The Kier molecular flexibility index (Phi) is 5.05. The Morgan fingerprint density at radius 2 is 2.00 bits per heavy atom. The molecule has 88 valence electrons. The van der Waals surface area contributed by atoms with Crippen LogP contribution in [0.25, 0.3) is 0 Å². The van der Waals surface area contributed by atoms with Crippen molar-refractivity contribution in [1.82, 2.24) is 10.2 Å². The summed E-state index contributed by atoms with van der Waals surface area (Å²) in [6.07, 6.45) is 0.777. The highest BCUT2D eigenvalue weighted by Crippen LogP contribution is 2.14. The van der Waals surface area contributed by atoms with Crippen LogP contribution >= 0.6 is 0 Å². The summed E-state index contributed by atoms with van der Waals surface area (Å²) in [6, 6.07) is 0. The molecule has 4 nitrogen and oxygen atoms in total. The van der Waals surface area contributed by atoms with Crippen molar-refractivity contribution in [3.05, 3.63) is 0 Å². The standard InChI is InChI=1S/C11H22N2O2/c1-9(2)7-10(11(14)15)8-13-5-3-12-4-6-13/h9-10,12H,3-8H2,1-2H3,(H,14,15). The van der Waals surface area contributed by atoms with Crippen molar-refractivity contribution in [3.63, 3.8) is 0 Å². The Morgan fingerprint density at radius 3 is 2.47 bits per heavy atom. The Hall–Kier alpha value is -0.610. The van der Waals surface area contributed by atoms with Gasteiger partial charge >= 0.3 is 5.97 Å². The van der Waals surface area contributed by atoms with Gasteiger partial charge in [-0.1, -0.05) is 13.8 Å². The molecular weight excluding hydrogens is 192 g/mol. The number of carbonyl (C=O) groups is 1. The van der Waals surface area contributed by atoms with Crippen molar-refractivity contribution in [2.45, 2.75) is 20.3 Å². The molecule has 0 aromatic heterocycles. The Morgan fingerprint density at radius 1 is 1.40 bits per heavy atom. The fourth-order valence-electron chi connectivity index (χ4n) is 2.03. The zero-order valence-corrected chi connectivity index (χ0v) is 9.70. The van der Waals surface area contributed by atoms with E-state index in [9.17, 15) is 4.79 Å². The molecule has 1 fully saturated rings. The van der Waals surface area contributed by atoms with E-state index in [2.05, 4.69) is 24.1 Å². The number of piperazine rings is 1. The van der Waals surface area contributed by atoms with Gasteiger partial charge in [-0.3, -0.25) is 9.69 Å². The summed E-state index contributed by atoms with van der Waals surface area (Å²) in [5, 5.41) is 12.4. The topological polar surface area (TPSA) is 52.6 Å². The molecule has 0 saturated carbocycles. The minimum Gasteiger partial charge on any atom is -0.481 e. The van der Waals surface area contributed by atoms with Crippen LogP contribution in [-0.4, -0.2) is 48.7 Å². The quantitative estimate of drug-likeness (QED) is 0.705. The molecule has 0 aliphatic carbocycles. The lowest BCUT2D eigenvalue weighted by Crippen LogP contribution is -2.46. The Bertz CT molecular complexity index is 201. The molecule has 0 bridgehead atoms. The number of nitrogens with zero attached hydrogens (tertiary/aromatic N) is 1. The maximum absolute atomic E-state index is 11.1. The molecule has 0 aromatic rings. The SMILES string of the molecule is CC(C)CC(CN1CCNCC1)C(=O)O. The maximum Gasteiger partial charge on any atom is 0.307 e. The van der Waals surface area contributed by atoms with Gasteiger partial charge in [0.25, 0.3) is 0 Å². The van der Waals surface area contributed by atoms with Gasteiger partial charge in [0.2, 0.25) is 0 Å². The molecule has 1 unspecified atom stereocenters. The highest BCUT2D eigenvalue weighted by Gasteiger charge is 2.22. The summed E-state index contributed by atoms with van der Waals surface area (Å²) in [5.41, 5.74) is 0. The highest BCUT2D eigenvalue weighted by atomic mass is 16.4. The Labute approximate surface area is 91.6 Å². The van der Waals surface area contributed by atoms with Crippen LogP contribution in [0.3, 0.4) is 0 Å². The van der Waals surface area contributed by atoms with Gasteiger partial charge in [0.05, 0.1) is 5.92 Å². The van der Waals surface area contributed by atoms with Gasteiger partial charge in [0.15, 0.2) is 0 Å². The van der Waals surface area contributed by atoms with E-state index in [0.29, 0.717) is 12.5 Å². The summed E-state index contributed by atoms with van der Waals surface area (Å²) in [7, 11) is 0. The smallest absolute Gasteiger partial charge is 0.307 e. The molecule has 15 heavy (non-hydrogen) atoms. The van der Waals surface area contributed by atoms with Crippen molar-refractivity contribution >= 4 is 5.97 Å². The molecule has 1 aliphatic rings. The molecule has 1 aliphatic heterocycles. The molecule has 1 atom stereocenters. The van der Waals surface area contributed by atoms with Crippen LogP contribution in [0.1, 0.15) is 20.3 Å². The first-order valence-corrected chi connectivity index (χ1v) is 5.75. The number of nitrogens with one attached hydrogen (secondary N) is 1. The first-order chi connectivity index (χ1) is 7.09. The van der Waals surface area contributed by atoms with Crippen LogP contribution in [0.15, 0.2) is 0 Å². The fraction of sp³-hybridized carbons (Fsp3) is 0.909. The average Bonchev–Trinajstić information content (AvgIpc) is 2.17. The van der Waals surface area contributed by atoms with Gasteiger partial charge < -0.3 is 10.4 Å². The van der Waals surface area contributed by atoms with Crippen molar-refractivity contribution in [1.29, 1.82) is 0 Å². The number of hydrogen-bond donors (Lipinski definition) is 2. The third-order valence-corrected chi connectivity index (χ3v) is 2.79. The zero-order valence-electron chi connectivity index (χ0n) is 9.70. The van der Waals surface area contributed by atoms with Gasteiger partial charge in [-0.25, -0.2) is 0 Å². The second kappa shape index (κ2) is 6.08. The fourth-order valence-corrected chi connectivity index (χ4v) is 2.03. The predicted octanol–water partition coefficient (Wildman–Crippen LogP) is 0.639. The minimum absolute atomic E-state index is 0.205. The van der Waals surface area contributed by atoms with Crippen molar-refractivity contribution in [2.75, 3.05) is 32.7 Å². The number of rotatable bonds is 5. The molecule has 1 heterocycles. The lowest BCUT2D eigenvalue weighted by Gasteiger charge is -2.29. The zero-order chi connectivity index (χ0) is 11.3. The lowest BCUT2D eigenvalue weighted by atomic mass is 9.96. The van der Waals surface area contributed by atoms with E-state index in [4.69, 9.17) is 5.11 Å². The van der Waals surface area contributed by atoms with Crippen molar-refractivity contribution in [3.8, 4) is 0 Å². The first kappa shape index (κ1) is 12.5. The summed E-state index contributed by atoms with van der Waals surface area (Å²) in [6.45, 7) is 8.77. The van der Waals surface area contributed by atoms with Crippen LogP contribution < -0.4 is 5.32 Å². The molecule has 0 radical (unpaired) electrons. The van der Waals surface area contributed by atoms with E-state index >= 15 is 0 Å². The molecule has 0 spiro atoms. The molecule has 1 rings (SSSR count). The van der Waals surface area contributed by atoms with Crippen LogP contribution in [0.5, 0.6) is 0 Å². The number of hydrogen-bond acceptors (Lipinski definition) is 3. The molecule has 1 saturated heterocycles. The van der Waals surface area contributed by atoms with E-state index in [0.717, 1.165) is 32.6 Å². The normalized spacial score (nSPS) is 20.5. The molecule has 0 amide bonds. The summed E-state index contributed by atoms with van der Waals surface area (Å²) >= 11 is 0. The van der Waals surface area contributed by atoms with Gasteiger partial charge in [-0.05, 0) is 12.3 Å². The van der Waals surface area contributed by atoms with E-state index in [1.54, 1.807) is 0 Å². The van der Waals surface area contributed by atoms with E-state index in [1.165, 1.54) is 0 Å². The van der Waals surface area contributed by atoms with Gasteiger partial charge in [-0.15, -0.1) is 0 Å².